The summed E-state index contributed by atoms with van der Waals surface area (Å²) in [6.07, 6.45) is 1.14. The van der Waals surface area contributed by atoms with E-state index in [1.54, 1.807) is 14.2 Å². The van der Waals surface area contributed by atoms with Crippen molar-refractivity contribution in [2.24, 2.45) is 5.92 Å². The summed E-state index contributed by atoms with van der Waals surface area (Å²) >= 11 is 0. The maximum Gasteiger partial charge on any atom is 0.171 e. The molecule has 0 spiro atoms. The lowest BCUT2D eigenvalue weighted by Crippen LogP contribution is -2.42. The van der Waals surface area contributed by atoms with Gasteiger partial charge in [-0.3, -0.25) is 0 Å². The largest absolute Gasteiger partial charge is 0.354 e. The van der Waals surface area contributed by atoms with Crippen molar-refractivity contribution in [3.8, 4) is 0 Å². The van der Waals surface area contributed by atoms with Crippen LogP contribution in [0.5, 0.6) is 0 Å². The molecule has 4 nitrogen and oxygen atoms in total. The number of hydrogen-bond donors (Lipinski definition) is 1. The van der Waals surface area contributed by atoms with Crippen LogP contribution in [0.3, 0.4) is 0 Å². The molecule has 0 aromatic carbocycles. The minimum absolute atomic E-state index is 0.155. The van der Waals surface area contributed by atoms with Gasteiger partial charge in [-0.05, 0) is 46.2 Å². The van der Waals surface area contributed by atoms with Gasteiger partial charge < -0.3 is 19.7 Å². The molecule has 1 N–H and O–H groups in total. The molecule has 0 amide bonds. The highest BCUT2D eigenvalue weighted by molar-refractivity contribution is 4.80. The van der Waals surface area contributed by atoms with E-state index in [9.17, 15) is 0 Å². The predicted octanol–water partition coefficient (Wildman–Crippen LogP) is 1.31. The molecule has 0 aromatic rings. The number of rotatable bonds is 7. The Hall–Kier alpha value is -0.160. The molecule has 17 heavy (non-hydrogen) atoms. The normalized spacial score (nSPS) is 23.8. The van der Waals surface area contributed by atoms with Gasteiger partial charge in [-0.25, -0.2) is 0 Å². The van der Waals surface area contributed by atoms with Crippen LogP contribution < -0.4 is 5.32 Å². The van der Waals surface area contributed by atoms with E-state index >= 15 is 0 Å². The van der Waals surface area contributed by atoms with Crippen LogP contribution in [0.4, 0.5) is 0 Å². The van der Waals surface area contributed by atoms with Crippen molar-refractivity contribution >= 4 is 0 Å². The third-order valence-electron chi connectivity index (χ3n) is 3.65. The average Bonchev–Trinajstić information content (AvgIpc) is 2.76. The van der Waals surface area contributed by atoms with Crippen molar-refractivity contribution < 1.29 is 9.47 Å². The Balaban J connectivity index is 2.23. The van der Waals surface area contributed by atoms with Gasteiger partial charge in [0.25, 0.3) is 0 Å². The first-order chi connectivity index (χ1) is 8.08. The molecule has 2 unspecified atom stereocenters. The average molecular weight is 244 g/mol. The van der Waals surface area contributed by atoms with Crippen molar-refractivity contribution in [2.45, 2.75) is 45.6 Å². The molecule has 1 fully saturated rings. The van der Waals surface area contributed by atoms with Gasteiger partial charge in [0, 0.05) is 26.8 Å². The summed E-state index contributed by atoms with van der Waals surface area (Å²) in [5.74, 6) is 0.759. The molecule has 4 heteroatoms. The van der Waals surface area contributed by atoms with E-state index in [2.05, 4.69) is 31.0 Å². The second kappa shape index (κ2) is 7.31. The van der Waals surface area contributed by atoms with E-state index in [1.165, 1.54) is 19.5 Å². The van der Waals surface area contributed by atoms with Crippen molar-refractivity contribution in [3.05, 3.63) is 0 Å². The summed E-state index contributed by atoms with van der Waals surface area (Å²) in [5, 5.41) is 3.51. The van der Waals surface area contributed by atoms with Crippen LogP contribution >= 0.6 is 0 Å². The number of likely N-dealkylation sites (tertiary alicyclic amines) is 1. The summed E-state index contributed by atoms with van der Waals surface area (Å²) in [7, 11) is 3.37. The lowest BCUT2D eigenvalue weighted by Gasteiger charge is -2.24. The molecule has 0 aliphatic carbocycles. The van der Waals surface area contributed by atoms with Crippen LogP contribution in [0.1, 0.15) is 27.2 Å². The molecule has 0 bridgehead atoms. The van der Waals surface area contributed by atoms with Gasteiger partial charge in [0.05, 0.1) is 6.04 Å². The van der Waals surface area contributed by atoms with E-state index < -0.39 is 0 Å². The zero-order valence-corrected chi connectivity index (χ0v) is 11.9. The lowest BCUT2D eigenvalue weighted by atomic mass is 10.1. The van der Waals surface area contributed by atoms with Gasteiger partial charge in [0.15, 0.2) is 6.29 Å². The van der Waals surface area contributed by atoms with Gasteiger partial charge in [0.2, 0.25) is 0 Å². The van der Waals surface area contributed by atoms with Crippen LogP contribution in [0.15, 0.2) is 0 Å². The quantitative estimate of drug-likeness (QED) is 0.685. The van der Waals surface area contributed by atoms with Crippen LogP contribution in [-0.4, -0.2) is 57.1 Å². The van der Waals surface area contributed by atoms with Gasteiger partial charge in [0.1, 0.15) is 0 Å². The van der Waals surface area contributed by atoms with Crippen molar-refractivity contribution in [1.82, 2.24) is 10.2 Å². The van der Waals surface area contributed by atoms with Crippen molar-refractivity contribution in [1.29, 1.82) is 0 Å². The smallest absolute Gasteiger partial charge is 0.171 e. The summed E-state index contributed by atoms with van der Waals surface area (Å²) in [6, 6.07) is 0.904. The summed E-state index contributed by atoms with van der Waals surface area (Å²) in [4.78, 5) is 2.54. The minimum atomic E-state index is -0.155. The monoisotopic (exact) mass is 244 g/mol. The molecule has 1 saturated heterocycles. The van der Waals surface area contributed by atoms with Gasteiger partial charge in [-0.1, -0.05) is 0 Å². The first-order valence-corrected chi connectivity index (χ1v) is 6.61. The zero-order chi connectivity index (χ0) is 12.8. The number of ether oxygens (including phenoxy) is 2. The second-order valence-corrected chi connectivity index (χ2v) is 5.28. The molecule has 0 aromatic heterocycles. The summed E-state index contributed by atoms with van der Waals surface area (Å²) in [6.45, 7) is 10.1. The molecule has 1 rings (SSSR count). The highest BCUT2D eigenvalue weighted by Gasteiger charge is 2.25. The maximum atomic E-state index is 5.24. The van der Waals surface area contributed by atoms with Crippen LogP contribution in [0, 0.1) is 5.92 Å². The van der Waals surface area contributed by atoms with Gasteiger partial charge in [-0.2, -0.15) is 0 Å². The molecule has 1 aliphatic heterocycles. The van der Waals surface area contributed by atoms with E-state index in [1.807, 2.05) is 0 Å². The van der Waals surface area contributed by atoms with Crippen LogP contribution in [0.2, 0.25) is 0 Å². The Morgan fingerprint density at radius 2 is 1.88 bits per heavy atom. The number of methoxy groups -OCH3 is 2. The molecule has 0 saturated carbocycles. The summed E-state index contributed by atoms with van der Waals surface area (Å²) in [5.41, 5.74) is 0. The standard InChI is InChI=1S/C13H28N2O2/c1-10(2)15-7-6-12(9-15)8-14-11(3)13(16-4)17-5/h10-14H,6-9H2,1-5H3. The summed E-state index contributed by atoms with van der Waals surface area (Å²) < 4.78 is 10.5. The third kappa shape index (κ3) is 4.54. The van der Waals surface area contributed by atoms with Crippen molar-refractivity contribution in [3.63, 3.8) is 0 Å². The highest BCUT2D eigenvalue weighted by atomic mass is 16.7. The molecule has 1 aliphatic rings. The second-order valence-electron chi connectivity index (χ2n) is 5.28. The van der Waals surface area contributed by atoms with Gasteiger partial charge in [-0.15, -0.1) is 0 Å². The molecular weight excluding hydrogens is 216 g/mol. The molecule has 0 radical (unpaired) electrons. The molecule has 1 heterocycles. The number of nitrogens with zero attached hydrogens (tertiary/aromatic N) is 1. The fraction of sp³-hybridized carbons (Fsp3) is 1.00. The fourth-order valence-corrected chi connectivity index (χ4v) is 2.45. The Bertz CT molecular complexity index is 208. The molecule has 2 atom stereocenters. The Morgan fingerprint density at radius 3 is 2.35 bits per heavy atom. The number of nitrogens with one attached hydrogen (secondary N) is 1. The van der Waals surface area contributed by atoms with Crippen LogP contribution in [-0.2, 0) is 9.47 Å². The Morgan fingerprint density at radius 1 is 1.24 bits per heavy atom. The third-order valence-corrected chi connectivity index (χ3v) is 3.65. The van der Waals surface area contributed by atoms with E-state index in [0.29, 0.717) is 6.04 Å². The molecular formula is C13H28N2O2. The first-order valence-electron chi connectivity index (χ1n) is 6.61. The van der Waals surface area contributed by atoms with E-state index in [-0.39, 0.29) is 12.3 Å². The Kier molecular flexibility index (Phi) is 6.41. The van der Waals surface area contributed by atoms with E-state index in [4.69, 9.17) is 9.47 Å². The first kappa shape index (κ1) is 14.9. The number of hydrogen-bond acceptors (Lipinski definition) is 4. The Labute approximate surface area is 106 Å². The maximum absolute atomic E-state index is 5.24. The topological polar surface area (TPSA) is 33.7 Å². The van der Waals surface area contributed by atoms with Crippen LogP contribution in [0.25, 0.3) is 0 Å². The SMILES string of the molecule is COC(OC)C(C)NCC1CCN(C(C)C)C1. The highest BCUT2D eigenvalue weighted by Crippen LogP contribution is 2.17. The zero-order valence-electron chi connectivity index (χ0n) is 11.9. The van der Waals surface area contributed by atoms with E-state index in [0.717, 1.165) is 12.5 Å². The van der Waals surface area contributed by atoms with Gasteiger partial charge >= 0.3 is 0 Å². The predicted molar refractivity (Wildman–Crippen MR) is 70.1 cm³/mol. The lowest BCUT2D eigenvalue weighted by molar-refractivity contribution is -0.119. The fourth-order valence-electron chi connectivity index (χ4n) is 2.45. The minimum Gasteiger partial charge on any atom is -0.354 e. The molecule has 102 valence electrons. The van der Waals surface area contributed by atoms with Crippen molar-refractivity contribution in [2.75, 3.05) is 33.9 Å².